The van der Waals surface area contributed by atoms with Gasteiger partial charge in [-0.05, 0) is 29.5 Å². The first-order chi connectivity index (χ1) is 8.06. The Bertz CT molecular complexity index is 328. The van der Waals surface area contributed by atoms with Crippen LogP contribution in [0.4, 0.5) is 0 Å². The smallest absolute Gasteiger partial charge is 0.115 e. The van der Waals surface area contributed by atoms with E-state index in [2.05, 4.69) is 26.8 Å². The maximum atomic E-state index is 9.52. The van der Waals surface area contributed by atoms with E-state index in [-0.39, 0.29) is 5.41 Å². The fourth-order valence-electron chi connectivity index (χ4n) is 2.24. The van der Waals surface area contributed by atoms with Crippen molar-refractivity contribution < 1.29 is 5.11 Å². The SMILES string of the molecule is CCCCCCCC(C)(C)c1cccc(O)c1. The molecule has 1 aromatic rings. The molecule has 0 heterocycles. The van der Waals surface area contributed by atoms with E-state index in [0.29, 0.717) is 5.75 Å². The molecule has 0 amide bonds. The lowest BCUT2D eigenvalue weighted by atomic mass is 9.80. The number of benzene rings is 1. The molecule has 0 radical (unpaired) electrons. The van der Waals surface area contributed by atoms with Crippen LogP contribution in [-0.4, -0.2) is 5.11 Å². The Morgan fingerprint density at radius 2 is 1.76 bits per heavy atom. The number of rotatable bonds is 7. The van der Waals surface area contributed by atoms with Gasteiger partial charge in [-0.15, -0.1) is 0 Å². The molecule has 17 heavy (non-hydrogen) atoms. The predicted molar refractivity (Wildman–Crippen MR) is 74.5 cm³/mol. The van der Waals surface area contributed by atoms with Crippen molar-refractivity contribution in [2.24, 2.45) is 0 Å². The zero-order valence-electron chi connectivity index (χ0n) is 11.5. The van der Waals surface area contributed by atoms with Gasteiger partial charge in [0.05, 0.1) is 0 Å². The monoisotopic (exact) mass is 234 g/mol. The van der Waals surface area contributed by atoms with Crippen molar-refractivity contribution in [3.8, 4) is 5.75 Å². The first-order valence-corrected chi connectivity index (χ1v) is 6.86. The van der Waals surface area contributed by atoms with Crippen molar-refractivity contribution in [1.82, 2.24) is 0 Å². The molecule has 0 aromatic heterocycles. The van der Waals surface area contributed by atoms with Gasteiger partial charge in [-0.25, -0.2) is 0 Å². The second kappa shape index (κ2) is 6.68. The molecule has 0 aliphatic rings. The molecule has 1 rings (SSSR count). The largest absolute Gasteiger partial charge is 0.508 e. The van der Waals surface area contributed by atoms with Crippen LogP contribution in [0, 0.1) is 0 Å². The van der Waals surface area contributed by atoms with Gasteiger partial charge in [-0.1, -0.05) is 65.0 Å². The summed E-state index contributed by atoms with van der Waals surface area (Å²) in [4.78, 5) is 0. The molecule has 1 heteroatoms. The molecule has 0 bridgehead atoms. The molecule has 0 aliphatic heterocycles. The summed E-state index contributed by atoms with van der Waals surface area (Å²) in [6, 6.07) is 7.68. The van der Waals surface area contributed by atoms with Gasteiger partial charge in [0.2, 0.25) is 0 Å². The molecule has 0 unspecified atom stereocenters. The Labute approximate surface area is 106 Å². The minimum absolute atomic E-state index is 0.172. The third kappa shape index (κ3) is 4.80. The van der Waals surface area contributed by atoms with E-state index in [4.69, 9.17) is 0 Å². The molecular formula is C16H26O. The Morgan fingerprint density at radius 3 is 2.41 bits per heavy atom. The van der Waals surface area contributed by atoms with E-state index in [0.717, 1.165) is 0 Å². The third-order valence-electron chi connectivity index (χ3n) is 3.53. The Balaban J connectivity index is 2.45. The number of aromatic hydroxyl groups is 1. The van der Waals surface area contributed by atoms with Crippen LogP contribution >= 0.6 is 0 Å². The van der Waals surface area contributed by atoms with Crippen LogP contribution in [0.3, 0.4) is 0 Å². The standard InChI is InChI=1S/C16H26O/c1-4-5-6-7-8-12-16(2,3)14-10-9-11-15(17)13-14/h9-11,13,17H,4-8,12H2,1-3H3. The molecule has 0 atom stereocenters. The normalized spacial score (nSPS) is 11.7. The summed E-state index contributed by atoms with van der Waals surface area (Å²) in [6.07, 6.45) is 7.81. The second-order valence-electron chi connectivity index (χ2n) is 5.60. The van der Waals surface area contributed by atoms with E-state index in [1.165, 1.54) is 44.1 Å². The van der Waals surface area contributed by atoms with Gasteiger partial charge in [0.15, 0.2) is 0 Å². The van der Waals surface area contributed by atoms with Crippen molar-refractivity contribution in [3.05, 3.63) is 29.8 Å². The quantitative estimate of drug-likeness (QED) is 0.656. The number of hydrogen-bond acceptors (Lipinski definition) is 1. The van der Waals surface area contributed by atoms with Crippen molar-refractivity contribution in [2.45, 2.75) is 64.7 Å². The molecule has 0 saturated heterocycles. The summed E-state index contributed by atoms with van der Waals surface area (Å²) in [6.45, 7) is 6.78. The topological polar surface area (TPSA) is 20.2 Å². The number of unbranched alkanes of at least 4 members (excludes halogenated alkanes) is 4. The average molecular weight is 234 g/mol. The van der Waals surface area contributed by atoms with Crippen molar-refractivity contribution >= 4 is 0 Å². The Morgan fingerprint density at radius 1 is 1.06 bits per heavy atom. The summed E-state index contributed by atoms with van der Waals surface area (Å²) in [5, 5.41) is 9.52. The summed E-state index contributed by atoms with van der Waals surface area (Å²) in [5.41, 5.74) is 1.42. The van der Waals surface area contributed by atoms with Gasteiger partial charge >= 0.3 is 0 Å². The van der Waals surface area contributed by atoms with Crippen LogP contribution in [0.25, 0.3) is 0 Å². The van der Waals surface area contributed by atoms with Crippen LogP contribution in [-0.2, 0) is 5.41 Å². The van der Waals surface area contributed by atoms with Crippen LogP contribution in [0.5, 0.6) is 5.75 Å². The van der Waals surface area contributed by atoms with Crippen molar-refractivity contribution in [3.63, 3.8) is 0 Å². The van der Waals surface area contributed by atoms with Gasteiger partial charge in [0, 0.05) is 0 Å². The molecule has 1 nitrogen and oxygen atoms in total. The van der Waals surface area contributed by atoms with Crippen LogP contribution in [0.2, 0.25) is 0 Å². The molecule has 0 saturated carbocycles. The van der Waals surface area contributed by atoms with Gasteiger partial charge in [0.1, 0.15) is 5.75 Å². The molecular weight excluding hydrogens is 208 g/mol. The summed E-state index contributed by atoms with van der Waals surface area (Å²) in [5.74, 6) is 0.376. The molecule has 0 fully saturated rings. The van der Waals surface area contributed by atoms with Gasteiger partial charge in [0.25, 0.3) is 0 Å². The van der Waals surface area contributed by atoms with Gasteiger partial charge < -0.3 is 5.11 Å². The Hall–Kier alpha value is -0.980. The lowest BCUT2D eigenvalue weighted by molar-refractivity contribution is 0.436. The zero-order valence-corrected chi connectivity index (χ0v) is 11.5. The highest BCUT2D eigenvalue weighted by molar-refractivity contribution is 5.31. The average Bonchev–Trinajstić information content (AvgIpc) is 2.29. The molecule has 0 spiro atoms. The van der Waals surface area contributed by atoms with Crippen LogP contribution in [0.1, 0.15) is 64.9 Å². The van der Waals surface area contributed by atoms with Crippen molar-refractivity contribution in [1.29, 1.82) is 0 Å². The van der Waals surface area contributed by atoms with E-state index in [9.17, 15) is 5.11 Å². The number of phenolic OH excluding ortho intramolecular Hbond substituents is 1. The van der Waals surface area contributed by atoms with E-state index in [1.54, 1.807) is 6.07 Å². The fraction of sp³-hybridized carbons (Fsp3) is 0.625. The highest BCUT2D eigenvalue weighted by Crippen LogP contribution is 2.31. The van der Waals surface area contributed by atoms with Gasteiger partial charge in [-0.3, -0.25) is 0 Å². The molecule has 1 aromatic carbocycles. The minimum atomic E-state index is 0.172. The summed E-state index contributed by atoms with van der Waals surface area (Å²) < 4.78 is 0. The summed E-state index contributed by atoms with van der Waals surface area (Å²) in [7, 11) is 0. The predicted octanol–water partition coefficient (Wildman–Crippen LogP) is 5.03. The highest BCUT2D eigenvalue weighted by Gasteiger charge is 2.20. The first-order valence-electron chi connectivity index (χ1n) is 6.86. The van der Waals surface area contributed by atoms with Crippen molar-refractivity contribution in [2.75, 3.05) is 0 Å². The third-order valence-corrected chi connectivity index (χ3v) is 3.53. The zero-order chi connectivity index (χ0) is 12.7. The van der Waals surface area contributed by atoms with Gasteiger partial charge in [-0.2, -0.15) is 0 Å². The molecule has 96 valence electrons. The Kier molecular flexibility index (Phi) is 5.54. The maximum absolute atomic E-state index is 9.52. The van der Waals surface area contributed by atoms with E-state index in [1.807, 2.05) is 12.1 Å². The van der Waals surface area contributed by atoms with E-state index >= 15 is 0 Å². The lowest BCUT2D eigenvalue weighted by Crippen LogP contribution is -2.16. The maximum Gasteiger partial charge on any atom is 0.115 e. The van der Waals surface area contributed by atoms with E-state index < -0.39 is 0 Å². The van der Waals surface area contributed by atoms with Crippen LogP contribution < -0.4 is 0 Å². The second-order valence-corrected chi connectivity index (χ2v) is 5.60. The summed E-state index contributed by atoms with van der Waals surface area (Å²) >= 11 is 0. The number of phenols is 1. The molecule has 1 N–H and O–H groups in total. The molecule has 0 aliphatic carbocycles. The fourth-order valence-corrected chi connectivity index (χ4v) is 2.24. The minimum Gasteiger partial charge on any atom is -0.508 e. The highest BCUT2D eigenvalue weighted by atomic mass is 16.3. The lowest BCUT2D eigenvalue weighted by Gasteiger charge is -2.25. The number of hydrogen-bond donors (Lipinski definition) is 1. The van der Waals surface area contributed by atoms with Crippen LogP contribution in [0.15, 0.2) is 24.3 Å². The first kappa shape index (κ1) is 14.1.